The lowest BCUT2D eigenvalue weighted by Crippen LogP contribution is -2.31. The molecule has 3 aromatic rings. The van der Waals surface area contributed by atoms with Gasteiger partial charge in [-0.05, 0) is 29.8 Å². The van der Waals surface area contributed by atoms with Gasteiger partial charge < -0.3 is 15.7 Å². The van der Waals surface area contributed by atoms with Crippen molar-refractivity contribution in [2.45, 2.75) is 13.1 Å². The highest BCUT2D eigenvalue weighted by Crippen LogP contribution is 2.09. The summed E-state index contributed by atoms with van der Waals surface area (Å²) in [6.45, 7) is 0.0879. The highest BCUT2D eigenvalue weighted by molar-refractivity contribution is 5.97. The number of carbonyl (C=O) groups is 2. The summed E-state index contributed by atoms with van der Waals surface area (Å²) in [6, 6.07) is 10.6. The fourth-order valence-corrected chi connectivity index (χ4v) is 2.36. The lowest BCUT2D eigenvalue weighted by atomic mass is 10.2. The summed E-state index contributed by atoms with van der Waals surface area (Å²) in [4.78, 5) is 46.4. The van der Waals surface area contributed by atoms with E-state index >= 15 is 0 Å². The summed E-state index contributed by atoms with van der Waals surface area (Å²) in [5.41, 5.74) is -0.453. The molecule has 3 rings (SSSR count). The maximum Gasteiger partial charge on any atom is 0.294 e. The van der Waals surface area contributed by atoms with E-state index in [9.17, 15) is 23.9 Å². The zero-order valence-corrected chi connectivity index (χ0v) is 15.0. The van der Waals surface area contributed by atoms with Crippen LogP contribution in [0.2, 0.25) is 0 Å². The lowest BCUT2D eigenvalue weighted by Gasteiger charge is -2.08. The van der Waals surface area contributed by atoms with Gasteiger partial charge in [0, 0.05) is 12.7 Å². The van der Waals surface area contributed by atoms with Crippen molar-refractivity contribution in [1.29, 1.82) is 0 Å². The summed E-state index contributed by atoms with van der Waals surface area (Å²) in [7, 11) is 0. The fraction of sp³-hybridized carbons (Fsp3) is 0.105. The molecule has 0 saturated heterocycles. The average Bonchev–Trinajstić information content (AvgIpc) is 2.74. The van der Waals surface area contributed by atoms with E-state index in [-0.39, 0.29) is 13.1 Å². The zero-order chi connectivity index (χ0) is 20.8. The molecule has 0 radical (unpaired) electrons. The van der Waals surface area contributed by atoms with Crippen molar-refractivity contribution in [3.05, 3.63) is 87.6 Å². The maximum absolute atomic E-state index is 12.9. The van der Waals surface area contributed by atoms with E-state index in [1.807, 2.05) is 0 Å². The molecule has 2 amide bonds. The van der Waals surface area contributed by atoms with Gasteiger partial charge in [-0.25, -0.2) is 9.37 Å². The van der Waals surface area contributed by atoms with Crippen LogP contribution in [-0.4, -0.2) is 31.9 Å². The standard InChI is InChI=1S/C19H16FN5O4/c20-12-6-4-11(5-7-12)9-22-17(27)14-15(26)18(28)25-16(24-14)19(29)23-10-13-3-1-2-8-21-13/h1-8,26H,9-10H2,(H,22,27)(H,23,29)(H,24,25,28). The third kappa shape index (κ3) is 5.01. The van der Waals surface area contributed by atoms with Crippen LogP contribution in [0.5, 0.6) is 5.75 Å². The molecule has 0 fully saturated rings. The molecule has 148 valence electrons. The molecular formula is C19H16FN5O4. The van der Waals surface area contributed by atoms with Crippen LogP contribution in [-0.2, 0) is 13.1 Å². The number of nitrogens with one attached hydrogen (secondary N) is 3. The number of pyridine rings is 1. The molecule has 0 spiro atoms. The molecule has 2 heterocycles. The largest absolute Gasteiger partial charge is 0.501 e. The Morgan fingerprint density at radius 1 is 1.03 bits per heavy atom. The average molecular weight is 397 g/mol. The van der Waals surface area contributed by atoms with Gasteiger partial charge in [-0.1, -0.05) is 18.2 Å². The predicted molar refractivity (Wildman–Crippen MR) is 99.5 cm³/mol. The first kappa shape index (κ1) is 19.7. The van der Waals surface area contributed by atoms with Gasteiger partial charge in [0.15, 0.2) is 11.5 Å². The summed E-state index contributed by atoms with van der Waals surface area (Å²) in [5.74, 6) is -3.38. The van der Waals surface area contributed by atoms with Crippen molar-refractivity contribution >= 4 is 11.8 Å². The molecule has 9 nitrogen and oxygen atoms in total. The molecule has 0 atom stereocenters. The monoisotopic (exact) mass is 397 g/mol. The SMILES string of the molecule is O=C(NCc1ccccn1)c1nc(C(=O)NCc2ccc(F)cc2)c(O)c(=O)[nH]1. The number of halogens is 1. The number of nitrogens with zero attached hydrogens (tertiary/aromatic N) is 2. The summed E-state index contributed by atoms with van der Waals surface area (Å²) >= 11 is 0. The van der Waals surface area contributed by atoms with Gasteiger partial charge >= 0.3 is 0 Å². The van der Waals surface area contributed by atoms with Crippen molar-refractivity contribution in [1.82, 2.24) is 25.6 Å². The second kappa shape index (κ2) is 8.74. The number of hydrogen-bond acceptors (Lipinski definition) is 6. The fourth-order valence-electron chi connectivity index (χ4n) is 2.36. The second-order valence-corrected chi connectivity index (χ2v) is 5.92. The highest BCUT2D eigenvalue weighted by atomic mass is 19.1. The Morgan fingerprint density at radius 3 is 2.45 bits per heavy atom. The number of aromatic nitrogens is 3. The Morgan fingerprint density at radius 2 is 1.76 bits per heavy atom. The quantitative estimate of drug-likeness (QED) is 0.487. The molecular weight excluding hydrogens is 381 g/mol. The van der Waals surface area contributed by atoms with Crippen LogP contribution in [0.3, 0.4) is 0 Å². The normalized spacial score (nSPS) is 10.4. The van der Waals surface area contributed by atoms with E-state index < -0.39 is 40.5 Å². The van der Waals surface area contributed by atoms with Gasteiger partial charge in [-0.2, -0.15) is 0 Å². The molecule has 0 unspecified atom stereocenters. The summed E-state index contributed by atoms with van der Waals surface area (Å²) in [5, 5.41) is 14.8. The maximum atomic E-state index is 12.9. The molecule has 0 aliphatic rings. The molecule has 10 heteroatoms. The van der Waals surface area contributed by atoms with E-state index in [4.69, 9.17) is 0 Å². The first-order chi connectivity index (χ1) is 13.9. The van der Waals surface area contributed by atoms with Crippen LogP contribution >= 0.6 is 0 Å². The van der Waals surface area contributed by atoms with Gasteiger partial charge in [0.25, 0.3) is 17.4 Å². The van der Waals surface area contributed by atoms with E-state index in [1.165, 1.54) is 24.3 Å². The third-order valence-corrected chi connectivity index (χ3v) is 3.85. The topological polar surface area (TPSA) is 137 Å². The van der Waals surface area contributed by atoms with E-state index in [2.05, 4.69) is 25.6 Å². The number of aromatic amines is 1. The Kier molecular flexibility index (Phi) is 5.93. The third-order valence-electron chi connectivity index (χ3n) is 3.85. The van der Waals surface area contributed by atoms with Crippen LogP contribution in [0.25, 0.3) is 0 Å². The smallest absolute Gasteiger partial charge is 0.294 e. The minimum atomic E-state index is -1.03. The minimum absolute atomic E-state index is 0.00817. The van der Waals surface area contributed by atoms with Gasteiger partial charge in [0.1, 0.15) is 5.82 Å². The zero-order valence-electron chi connectivity index (χ0n) is 15.0. The van der Waals surface area contributed by atoms with Crippen molar-refractivity contribution in [2.75, 3.05) is 0 Å². The molecule has 0 saturated carbocycles. The van der Waals surface area contributed by atoms with Gasteiger partial charge in [-0.15, -0.1) is 0 Å². The molecule has 0 bridgehead atoms. The minimum Gasteiger partial charge on any atom is -0.501 e. The number of hydrogen-bond donors (Lipinski definition) is 4. The molecule has 4 N–H and O–H groups in total. The van der Waals surface area contributed by atoms with Crippen molar-refractivity contribution in [3.8, 4) is 5.75 Å². The van der Waals surface area contributed by atoms with Gasteiger partial charge in [-0.3, -0.25) is 24.4 Å². The predicted octanol–water partition coefficient (Wildman–Crippen LogP) is 0.870. The molecule has 0 aliphatic carbocycles. The number of aromatic hydroxyl groups is 1. The van der Waals surface area contributed by atoms with Crippen LogP contribution in [0.1, 0.15) is 32.4 Å². The van der Waals surface area contributed by atoms with Crippen LogP contribution in [0.15, 0.2) is 53.5 Å². The van der Waals surface area contributed by atoms with E-state index in [1.54, 1.807) is 24.4 Å². The Balaban J connectivity index is 1.72. The van der Waals surface area contributed by atoms with Crippen molar-refractivity contribution in [3.63, 3.8) is 0 Å². The van der Waals surface area contributed by atoms with Crippen LogP contribution in [0, 0.1) is 5.82 Å². The Bertz CT molecular complexity index is 1080. The number of H-pyrrole nitrogens is 1. The van der Waals surface area contributed by atoms with E-state index in [0.29, 0.717) is 11.3 Å². The molecule has 29 heavy (non-hydrogen) atoms. The molecule has 1 aromatic carbocycles. The van der Waals surface area contributed by atoms with Crippen LogP contribution < -0.4 is 16.2 Å². The molecule has 2 aromatic heterocycles. The van der Waals surface area contributed by atoms with Gasteiger partial charge in [0.05, 0.1) is 12.2 Å². The number of amides is 2. The lowest BCUT2D eigenvalue weighted by molar-refractivity contribution is 0.0934. The van der Waals surface area contributed by atoms with Gasteiger partial charge in [0.2, 0.25) is 5.75 Å². The number of rotatable bonds is 6. The van der Waals surface area contributed by atoms with Crippen molar-refractivity contribution < 1.29 is 19.1 Å². The Labute approximate surface area is 163 Å². The number of carbonyl (C=O) groups excluding carboxylic acids is 2. The first-order valence-corrected chi connectivity index (χ1v) is 8.48. The highest BCUT2D eigenvalue weighted by Gasteiger charge is 2.20. The second-order valence-electron chi connectivity index (χ2n) is 5.92. The number of benzene rings is 1. The Hall–Kier alpha value is -4.08. The summed E-state index contributed by atoms with van der Waals surface area (Å²) < 4.78 is 12.9. The van der Waals surface area contributed by atoms with Crippen LogP contribution in [0.4, 0.5) is 4.39 Å². The van der Waals surface area contributed by atoms with E-state index in [0.717, 1.165) is 0 Å². The first-order valence-electron chi connectivity index (χ1n) is 8.48. The summed E-state index contributed by atoms with van der Waals surface area (Å²) in [6.07, 6.45) is 1.56. The van der Waals surface area contributed by atoms with Crippen molar-refractivity contribution in [2.24, 2.45) is 0 Å². The molecule has 0 aliphatic heterocycles.